The Labute approximate surface area is 87.3 Å². The van der Waals surface area contributed by atoms with Crippen LogP contribution in [0.4, 0.5) is 13.2 Å². The number of alkyl halides is 3. The second kappa shape index (κ2) is 3.62. The lowest BCUT2D eigenvalue weighted by molar-refractivity contribution is -0.0577. The highest BCUT2D eigenvalue weighted by atomic mass is 32.2. The van der Waals surface area contributed by atoms with Gasteiger partial charge in [-0.25, -0.2) is 8.42 Å². The summed E-state index contributed by atoms with van der Waals surface area (Å²) < 4.78 is 58.8. The SMILES string of the molecule is CCC1(CC)CN(S(=O)(=O)C(F)(F)F)C1. The molecule has 3 nitrogen and oxygen atoms in total. The summed E-state index contributed by atoms with van der Waals surface area (Å²) in [5.41, 5.74) is -5.42. The van der Waals surface area contributed by atoms with Gasteiger partial charge in [0.15, 0.2) is 0 Å². The Hall–Kier alpha value is -0.300. The molecular weight excluding hydrogens is 231 g/mol. The minimum atomic E-state index is -5.17. The molecule has 0 atom stereocenters. The van der Waals surface area contributed by atoms with Crippen LogP contribution < -0.4 is 0 Å². The number of hydrogen-bond donors (Lipinski definition) is 0. The van der Waals surface area contributed by atoms with Crippen LogP contribution >= 0.6 is 0 Å². The van der Waals surface area contributed by atoms with Crippen molar-refractivity contribution in [2.24, 2.45) is 5.41 Å². The first-order chi connectivity index (χ1) is 6.68. The topological polar surface area (TPSA) is 37.4 Å². The molecule has 1 fully saturated rings. The van der Waals surface area contributed by atoms with E-state index in [-0.39, 0.29) is 18.5 Å². The van der Waals surface area contributed by atoms with Gasteiger partial charge in [-0.15, -0.1) is 0 Å². The van der Waals surface area contributed by atoms with E-state index in [4.69, 9.17) is 0 Å². The van der Waals surface area contributed by atoms with Gasteiger partial charge in [0.25, 0.3) is 0 Å². The zero-order chi connectivity index (χ0) is 11.9. The van der Waals surface area contributed by atoms with E-state index in [1.54, 1.807) is 0 Å². The Morgan fingerprint density at radius 1 is 1.20 bits per heavy atom. The molecule has 1 aliphatic heterocycles. The van der Waals surface area contributed by atoms with Gasteiger partial charge in [-0.05, 0) is 18.3 Å². The zero-order valence-corrected chi connectivity index (χ0v) is 9.45. The Balaban J connectivity index is 2.75. The summed E-state index contributed by atoms with van der Waals surface area (Å²) in [5.74, 6) is 0. The van der Waals surface area contributed by atoms with E-state index in [2.05, 4.69) is 0 Å². The summed E-state index contributed by atoms with van der Waals surface area (Å²) in [6.07, 6.45) is 1.40. The van der Waals surface area contributed by atoms with E-state index in [0.29, 0.717) is 17.1 Å². The lowest BCUT2D eigenvalue weighted by Crippen LogP contribution is -2.60. The third-order valence-electron chi connectivity index (χ3n) is 3.16. The molecule has 0 bridgehead atoms. The lowest BCUT2D eigenvalue weighted by atomic mass is 9.77. The number of sulfonamides is 1. The fourth-order valence-corrected chi connectivity index (χ4v) is 2.90. The molecule has 1 rings (SSSR count). The first-order valence-electron chi connectivity index (χ1n) is 4.75. The fourth-order valence-electron chi connectivity index (χ4n) is 1.72. The summed E-state index contributed by atoms with van der Waals surface area (Å²) >= 11 is 0. The molecule has 1 aliphatic rings. The lowest BCUT2D eigenvalue weighted by Gasteiger charge is -2.48. The smallest absolute Gasteiger partial charge is 0.203 e. The number of halogens is 3. The minimum Gasteiger partial charge on any atom is -0.203 e. The molecule has 1 saturated heterocycles. The summed E-state index contributed by atoms with van der Waals surface area (Å²) in [6.45, 7) is 3.70. The van der Waals surface area contributed by atoms with Crippen LogP contribution in [0.15, 0.2) is 0 Å². The summed E-state index contributed by atoms with van der Waals surface area (Å²) in [5, 5.41) is 0. The highest BCUT2D eigenvalue weighted by Gasteiger charge is 2.56. The minimum absolute atomic E-state index is 0.0121. The molecular formula is C8H14F3NO2S. The van der Waals surface area contributed by atoms with Gasteiger partial charge in [0.1, 0.15) is 0 Å². The molecule has 0 saturated carbocycles. The molecule has 1 heterocycles. The van der Waals surface area contributed by atoms with E-state index >= 15 is 0 Å². The van der Waals surface area contributed by atoms with Gasteiger partial charge in [-0.2, -0.15) is 17.5 Å². The predicted octanol–water partition coefficient (Wildman–Crippen LogP) is 1.96. The molecule has 0 spiro atoms. The summed E-state index contributed by atoms with van der Waals surface area (Å²) in [7, 11) is -5.10. The van der Waals surface area contributed by atoms with Crippen molar-refractivity contribution in [1.82, 2.24) is 4.31 Å². The molecule has 0 N–H and O–H groups in total. The van der Waals surface area contributed by atoms with Crippen molar-refractivity contribution in [3.05, 3.63) is 0 Å². The molecule has 0 unspecified atom stereocenters. The van der Waals surface area contributed by atoms with Gasteiger partial charge in [0, 0.05) is 13.1 Å². The molecule has 15 heavy (non-hydrogen) atoms. The van der Waals surface area contributed by atoms with Crippen LogP contribution in [0, 0.1) is 5.41 Å². The highest BCUT2D eigenvalue weighted by Crippen LogP contribution is 2.42. The van der Waals surface area contributed by atoms with Crippen LogP contribution in [-0.4, -0.2) is 31.3 Å². The van der Waals surface area contributed by atoms with Crippen LogP contribution in [0.2, 0.25) is 0 Å². The third kappa shape index (κ3) is 1.99. The van der Waals surface area contributed by atoms with Crippen LogP contribution in [0.25, 0.3) is 0 Å². The van der Waals surface area contributed by atoms with Crippen molar-refractivity contribution in [2.75, 3.05) is 13.1 Å². The van der Waals surface area contributed by atoms with Crippen LogP contribution in [-0.2, 0) is 10.0 Å². The van der Waals surface area contributed by atoms with Crippen molar-refractivity contribution >= 4 is 10.0 Å². The first kappa shape index (κ1) is 12.8. The van der Waals surface area contributed by atoms with E-state index in [1.165, 1.54) is 0 Å². The third-order valence-corrected chi connectivity index (χ3v) is 4.68. The molecule has 0 aliphatic carbocycles. The van der Waals surface area contributed by atoms with Crippen molar-refractivity contribution in [1.29, 1.82) is 0 Å². The standard InChI is InChI=1S/C8H14F3NO2S/c1-3-7(4-2)5-12(6-7)15(13,14)8(9,10)11/h3-6H2,1-2H3. The number of hydrogen-bond acceptors (Lipinski definition) is 2. The predicted molar refractivity (Wildman–Crippen MR) is 49.6 cm³/mol. The van der Waals surface area contributed by atoms with E-state index < -0.39 is 15.5 Å². The summed E-state index contributed by atoms with van der Waals surface area (Å²) in [6, 6.07) is 0. The molecule has 0 aromatic heterocycles. The van der Waals surface area contributed by atoms with Gasteiger partial charge >= 0.3 is 15.5 Å². The zero-order valence-electron chi connectivity index (χ0n) is 8.63. The Morgan fingerprint density at radius 2 is 1.60 bits per heavy atom. The van der Waals surface area contributed by atoms with E-state index in [1.807, 2.05) is 13.8 Å². The van der Waals surface area contributed by atoms with Crippen LogP contribution in [0.5, 0.6) is 0 Å². The fraction of sp³-hybridized carbons (Fsp3) is 1.00. The molecule has 90 valence electrons. The van der Waals surface area contributed by atoms with Gasteiger partial charge in [0.2, 0.25) is 0 Å². The highest BCUT2D eigenvalue weighted by molar-refractivity contribution is 7.90. The number of nitrogens with zero attached hydrogens (tertiary/aromatic N) is 1. The number of rotatable bonds is 3. The second-order valence-corrected chi connectivity index (χ2v) is 5.86. The van der Waals surface area contributed by atoms with Gasteiger partial charge in [0.05, 0.1) is 0 Å². The average Bonchev–Trinajstić information content (AvgIpc) is 2.01. The maximum Gasteiger partial charge on any atom is 0.511 e. The Kier molecular flexibility index (Phi) is 3.08. The summed E-state index contributed by atoms with van der Waals surface area (Å²) in [4.78, 5) is 0. The average molecular weight is 245 g/mol. The molecule has 0 aromatic rings. The van der Waals surface area contributed by atoms with Crippen molar-refractivity contribution in [3.8, 4) is 0 Å². The molecule has 7 heteroatoms. The van der Waals surface area contributed by atoms with Crippen molar-refractivity contribution < 1.29 is 21.6 Å². The van der Waals surface area contributed by atoms with Crippen molar-refractivity contribution in [3.63, 3.8) is 0 Å². The largest absolute Gasteiger partial charge is 0.511 e. The van der Waals surface area contributed by atoms with Gasteiger partial charge in [-0.1, -0.05) is 13.8 Å². The van der Waals surface area contributed by atoms with Crippen molar-refractivity contribution in [2.45, 2.75) is 32.2 Å². The quantitative estimate of drug-likeness (QED) is 0.762. The Bertz CT molecular complexity index is 324. The normalized spacial score (nSPS) is 22.5. The first-order valence-corrected chi connectivity index (χ1v) is 6.19. The Morgan fingerprint density at radius 3 is 1.87 bits per heavy atom. The monoisotopic (exact) mass is 245 g/mol. The van der Waals surface area contributed by atoms with E-state index in [9.17, 15) is 21.6 Å². The molecule has 0 radical (unpaired) electrons. The van der Waals surface area contributed by atoms with Gasteiger partial charge < -0.3 is 0 Å². The van der Waals surface area contributed by atoms with Crippen LogP contribution in [0.3, 0.4) is 0 Å². The van der Waals surface area contributed by atoms with Gasteiger partial charge in [-0.3, -0.25) is 0 Å². The molecule has 0 amide bonds. The van der Waals surface area contributed by atoms with Crippen LogP contribution in [0.1, 0.15) is 26.7 Å². The maximum absolute atomic E-state index is 12.1. The maximum atomic E-state index is 12.1. The molecule has 0 aromatic carbocycles. The second-order valence-electron chi connectivity index (χ2n) is 3.93. The van der Waals surface area contributed by atoms with E-state index in [0.717, 1.165) is 0 Å².